The second kappa shape index (κ2) is 4.42. The Morgan fingerprint density at radius 2 is 2.12 bits per heavy atom. The Bertz CT molecular complexity index is 416. The van der Waals surface area contributed by atoms with Crippen LogP contribution in [0.1, 0.15) is 25.7 Å². The zero-order valence-electron chi connectivity index (χ0n) is 9.56. The molecule has 1 heterocycles. The van der Waals surface area contributed by atoms with E-state index in [2.05, 4.69) is 36.2 Å². The fraction of sp³-hybridized carbons (Fsp3) is 0.636. The predicted octanol–water partition coefficient (Wildman–Crippen LogP) is 1.90. The van der Waals surface area contributed by atoms with Gasteiger partial charge in [0.1, 0.15) is 16.6 Å². The van der Waals surface area contributed by atoms with Crippen molar-refractivity contribution in [1.82, 2.24) is 9.97 Å². The molecule has 3 N–H and O–H groups in total. The molecule has 0 atom stereocenters. The lowest BCUT2D eigenvalue weighted by molar-refractivity contribution is 0.706. The van der Waals surface area contributed by atoms with Crippen molar-refractivity contribution in [2.24, 2.45) is 11.8 Å². The van der Waals surface area contributed by atoms with Crippen LogP contribution in [0.25, 0.3) is 0 Å². The summed E-state index contributed by atoms with van der Waals surface area (Å²) in [6, 6.07) is 0.660. The zero-order valence-corrected chi connectivity index (χ0v) is 11.2. The average Bonchev–Trinajstić information content (AvgIpc) is 3.19. The van der Waals surface area contributed by atoms with Crippen molar-refractivity contribution in [2.75, 3.05) is 16.9 Å². The topological polar surface area (TPSA) is 67.1 Å². The first-order chi connectivity index (χ1) is 8.29. The molecule has 0 spiro atoms. The largest absolute Gasteiger partial charge is 0.352 e. The molecule has 6 heteroatoms. The first-order valence-corrected chi connectivity index (χ1v) is 6.82. The van der Waals surface area contributed by atoms with E-state index in [4.69, 9.17) is 5.84 Å². The van der Waals surface area contributed by atoms with E-state index >= 15 is 0 Å². The first kappa shape index (κ1) is 11.2. The summed E-state index contributed by atoms with van der Waals surface area (Å²) < 4.78 is 0.870. The predicted molar refractivity (Wildman–Crippen MR) is 70.6 cm³/mol. The quantitative estimate of drug-likeness (QED) is 0.642. The molecule has 2 aliphatic carbocycles. The van der Waals surface area contributed by atoms with Crippen molar-refractivity contribution < 1.29 is 0 Å². The van der Waals surface area contributed by atoms with Gasteiger partial charge >= 0.3 is 0 Å². The van der Waals surface area contributed by atoms with Gasteiger partial charge in [-0.3, -0.25) is 0 Å². The number of halogens is 1. The third kappa shape index (κ3) is 2.37. The molecule has 5 nitrogen and oxygen atoms in total. The van der Waals surface area contributed by atoms with E-state index in [0.29, 0.717) is 11.9 Å². The molecule has 3 rings (SSSR count). The van der Waals surface area contributed by atoms with Gasteiger partial charge in [-0.1, -0.05) is 0 Å². The molecule has 2 aliphatic rings. The lowest BCUT2D eigenvalue weighted by atomic mass is 10.3. The Labute approximate surface area is 109 Å². The second-order valence-electron chi connectivity index (χ2n) is 4.83. The van der Waals surface area contributed by atoms with Crippen molar-refractivity contribution in [1.29, 1.82) is 0 Å². The van der Waals surface area contributed by atoms with E-state index in [1.54, 1.807) is 6.33 Å². The summed E-state index contributed by atoms with van der Waals surface area (Å²) in [6.07, 6.45) is 6.82. The summed E-state index contributed by atoms with van der Waals surface area (Å²) in [6.45, 7) is 1.12. The van der Waals surface area contributed by atoms with Gasteiger partial charge < -0.3 is 10.3 Å². The molecule has 0 saturated heterocycles. The highest BCUT2D eigenvalue weighted by Crippen LogP contribution is 2.40. The molecule has 0 aliphatic heterocycles. The maximum atomic E-state index is 5.44. The summed E-state index contributed by atoms with van der Waals surface area (Å²) in [5.74, 6) is 7.91. The van der Waals surface area contributed by atoms with E-state index in [1.807, 2.05) is 0 Å². The summed E-state index contributed by atoms with van der Waals surface area (Å²) in [4.78, 5) is 10.9. The van der Waals surface area contributed by atoms with Gasteiger partial charge in [-0.05, 0) is 47.5 Å². The SMILES string of the molecule is NNc1ncnc(N(CC2CC2)C2CC2)c1Br. The van der Waals surface area contributed by atoms with Gasteiger partial charge in [0.2, 0.25) is 0 Å². The molecular formula is C11H16BrN5. The molecule has 0 amide bonds. The minimum absolute atomic E-state index is 0.649. The normalized spacial score (nSPS) is 19.2. The number of nitrogens with zero attached hydrogens (tertiary/aromatic N) is 3. The highest BCUT2D eigenvalue weighted by Gasteiger charge is 2.35. The fourth-order valence-electron chi connectivity index (χ4n) is 2.03. The van der Waals surface area contributed by atoms with Gasteiger partial charge in [-0.2, -0.15) is 0 Å². The molecule has 0 aromatic carbocycles. The monoisotopic (exact) mass is 297 g/mol. The number of rotatable bonds is 5. The summed E-state index contributed by atoms with van der Waals surface area (Å²) in [7, 11) is 0. The van der Waals surface area contributed by atoms with Crippen molar-refractivity contribution >= 4 is 27.6 Å². The molecule has 92 valence electrons. The van der Waals surface area contributed by atoms with Gasteiger partial charge in [0.15, 0.2) is 5.82 Å². The van der Waals surface area contributed by atoms with E-state index in [9.17, 15) is 0 Å². The van der Waals surface area contributed by atoms with Gasteiger partial charge in [-0.15, -0.1) is 0 Å². The van der Waals surface area contributed by atoms with Crippen LogP contribution in [0.15, 0.2) is 10.8 Å². The molecule has 2 fully saturated rings. The maximum Gasteiger partial charge on any atom is 0.159 e. The molecule has 0 bridgehead atoms. The minimum Gasteiger partial charge on any atom is -0.352 e. The van der Waals surface area contributed by atoms with E-state index in [-0.39, 0.29) is 0 Å². The molecule has 0 radical (unpaired) electrons. The number of nitrogens with two attached hydrogens (primary N) is 1. The Morgan fingerprint density at radius 1 is 1.35 bits per heavy atom. The number of hydrogen-bond donors (Lipinski definition) is 2. The van der Waals surface area contributed by atoms with Crippen LogP contribution >= 0.6 is 15.9 Å². The lowest BCUT2D eigenvalue weighted by Crippen LogP contribution is -2.29. The highest BCUT2D eigenvalue weighted by atomic mass is 79.9. The number of nitrogen functional groups attached to an aromatic ring is 1. The number of hydrogen-bond acceptors (Lipinski definition) is 5. The van der Waals surface area contributed by atoms with Crippen molar-refractivity contribution in [3.8, 4) is 0 Å². The van der Waals surface area contributed by atoms with Crippen LogP contribution in [0, 0.1) is 5.92 Å². The van der Waals surface area contributed by atoms with E-state index in [1.165, 1.54) is 25.7 Å². The lowest BCUT2D eigenvalue weighted by Gasteiger charge is -2.24. The third-order valence-electron chi connectivity index (χ3n) is 3.32. The van der Waals surface area contributed by atoms with Crippen molar-refractivity contribution in [3.05, 3.63) is 10.8 Å². The van der Waals surface area contributed by atoms with Gasteiger partial charge in [-0.25, -0.2) is 15.8 Å². The van der Waals surface area contributed by atoms with Crippen molar-refractivity contribution in [2.45, 2.75) is 31.7 Å². The Hall–Kier alpha value is -0.880. The number of aromatic nitrogens is 2. The number of nitrogens with one attached hydrogen (secondary N) is 1. The second-order valence-corrected chi connectivity index (χ2v) is 5.62. The van der Waals surface area contributed by atoms with Gasteiger partial charge in [0.05, 0.1) is 0 Å². The standard InChI is InChI=1S/C11H16BrN5/c12-9-10(16-13)14-6-15-11(9)17(8-3-4-8)5-7-1-2-7/h6-8H,1-5,13H2,(H,14,15,16). The molecule has 17 heavy (non-hydrogen) atoms. The Morgan fingerprint density at radius 3 is 2.71 bits per heavy atom. The van der Waals surface area contributed by atoms with Crippen LogP contribution < -0.4 is 16.2 Å². The van der Waals surface area contributed by atoms with E-state index in [0.717, 1.165) is 22.8 Å². The van der Waals surface area contributed by atoms with Crippen LogP contribution in [-0.2, 0) is 0 Å². The van der Waals surface area contributed by atoms with Crippen LogP contribution in [0.2, 0.25) is 0 Å². The number of anilines is 2. The third-order valence-corrected chi connectivity index (χ3v) is 4.05. The average molecular weight is 298 g/mol. The fourth-order valence-corrected chi connectivity index (χ4v) is 2.58. The first-order valence-electron chi connectivity index (χ1n) is 6.03. The molecule has 0 unspecified atom stereocenters. The Kier molecular flexibility index (Phi) is 2.92. The Balaban J connectivity index is 1.88. The molecular weight excluding hydrogens is 282 g/mol. The van der Waals surface area contributed by atoms with Gasteiger partial charge in [0.25, 0.3) is 0 Å². The maximum absolute atomic E-state index is 5.44. The molecule has 1 aromatic rings. The summed E-state index contributed by atoms with van der Waals surface area (Å²) in [5.41, 5.74) is 2.59. The van der Waals surface area contributed by atoms with Crippen LogP contribution in [0.4, 0.5) is 11.6 Å². The number of hydrazine groups is 1. The van der Waals surface area contributed by atoms with Crippen LogP contribution in [-0.4, -0.2) is 22.6 Å². The molecule has 2 saturated carbocycles. The summed E-state index contributed by atoms with van der Waals surface area (Å²) in [5, 5.41) is 0. The molecule has 1 aromatic heterocycles. The summed E-state index contributed by atoms with van der Waals surface area (Å²) >= 11 is 3.54. The minimum atomic E-state index is 0.649. The van der Waals surface area contributed by atoms with E-state index < -0.39 is 0 Å². The zero-order chi connectivity index (χ0) is 11.8. The smallest absolute Gasteiger partial charge is 0.159 e. The van der Waals surface area contributed by atoms with Crippen LogP contribution in [0.5, 0.6) is 0 Å². The van der Waals surface area contributed by atoms with Crippen molar-refractivity contribution in [3.63, 3.8) is 0 Å². The van der Waals surface area contributed by atoms with Gasteiger partial charge in [0, 0.05) is 12.6 Å². The highest BCUT2D eigenvalue weighted by molar-refractivity contribution is 9.10. The van der Waals surface area contributed by atoms with Crippen LogP contribution in [0.3, 0.4) is 0 Å².